The Morgan fingerprint density at radius 2 is 1.37 bits per heavy atom. The summed E-state index contributed by atoms with van der Waals surface area (Å²) in [5.74, 6) is -0.706. The van der Waals surface area contributed by atoms with Gasteiger partial charge in [-0.15, -0.1) is 0 Å². The van der Waals surface area contributed by atoms with E-state index in [0.29, 0.717) is 32.6 Å². The molecule has 4 rings (SSSR count). The fourth-order valence-corrected chi connectivity index (χ4v) is 4.46. The van der Waals surface area contributed by atoms with Gasteiger partial charge in [-0.25, -0.2) is 4.39 Å². The lowest BCUT2D eigenvalue weighted by atomic mass is 10.0. The van der Waals surface area contributed by atoms with Crippen LogP contribution in [0.4, 0.5) is 4.39 Å². The minimum atomic E-state index is -0.502. The van der Waals surface area contributed by atoms with E-state index in [1.807, 2.05) is 35.2 Å². The number of carbonyl (C=O) groups is 2. The maximum absolute atomic E-state index is 14.1. The van der Waals surface area contributed by atoms with Gasteiger partial charge in [0, 0.05) is 26.2 Å². The lowest BCUT2D eigenvalue weighted by Crippen LogP contribution is -2.44. The third kappa shape index (κ3) is 4.38. The third-order valence-electron chi connectivity index (χ3n) is 6.05. The van der Waals surface area contributed by atoms with E-state index in [9.17, 15) is 14.0 Å². The summed E-state index contributed by atoms with van der Waals surface area (Å²) in [5.41, 5.74) is 1.12. The number of hydrogen-bond acceptors (Lipinski definition) is 3. The molecule has 0 aromatic heterocycles. The molecule has 0 radical (unpaired) electrons. The minimum Gasteiger partial charge on any atom is -0.339 e. The average Bonchev–Trinajstić information content (AvgIpc) is 3.17. The van der Waals surface area contributed by atoms with E-state index in [0.717, 1.165) is 31.5 Å². The second-order valence-electron chi connectivity index (χ2n) is 8.01. The Labute approximate surface area is 177 Å². The Hall–Kier alpha value is -2.73. The molecular formula is C24H28FN3O2. The standard InChI is InChI=1S/C24H28FN3O2/c25-21-12-5-4-11-20(21)23(29)27-15-8-16-28(18-17-27)24(30)22(26-13-6-7-14-26)19-9-2-1-3-10-19/h1-5,9-12,22H,6-8,13-18H2. The van der Waals surface area contributed by atoms with E-state index >= 15 is 0 Å². The molecule has 5 nitrogen and oxygen atoms in total. The molecule has 6 heteroatoms. The van der Waals surface area contributed by atoms with Crippen molar-refractivity contribution in [1.29, 1.82) is 0 Å². The molecule has 0 N–H and O–H groups in total. The van der Waals surface area contributed by atoms with Crippen molar-refractivity contribution >= 4 is 11.8 Å². The van der Waals surface area contributed by atoms with Crippen LogP contribution >= 0.6 is 0 Å². The van der Waals surface area contributed by atoms with E-state index < -0.39 is 5.82 Å². The predicted octanol–water partition coefficient (Wildman–Crippen LogP) is 3.34. The number of halogens is 1. The normalized spacial score (nSPS) is 18.8. The first-order valence-electron chi connectivity index (χ1n) is 10.8. The molecule has 2 fully saturated rings. The summed E-state index contributed by atoms with van der Waals surface area (Å²) in [4.78, 5) is 32.2. The summed E-state index contributed by atoms with van der Waals surface area (Å²) < 4.78 is 14.1. The Bertz CT molecular complexity index is 883. The summed E-state index contributed by atoms with van der Waals surface area (Å²) >= 11 is 0. The van der Waals surface area contributed by atoms with Crippen LogP contribution in [0.25, 0.3) is 0 Å². The van der Waals surface area contributed by atoms with Gasteiger partial charge in [-0.1, -0.05) is 42.5 Å². The quantitative estimate of drug-likeness (QED) is 0.778. The number of likely N-dealkylation sites (tertiary alicyclic amines) is 1. The van der Waals surface area contributed by atoms with E-state index in [1.54, 1.807) is 17.0 Å². The molecule has 2 aliphatic rings. The highest BCUT2D eigenvalue weighted by Crippen LogP contribution is 2.27. The van der Waals surface area contributed by atoms with Gasteiger partial charge >= 0.3 is 0 Å². The number of nitrogens with zero attached hydrogens (tertiary/aromatic N) is 3. The first-order chi connectivity index (χ1) is 14.6. The Kier molecular flexibility index (Phi) is 6.43. The van der Waals surface area contributed by atoms with Crippen LogP contribution in [-0.2, 0) is 4.79 Å². The molecule has 0 aliphatic carbocycles. The molecule has 2 heterocycles. The molecule has 2 aromatic carbocycles. The zero-order valence-electron chi connectivity index (χ0n) is 17.2. The number of hydrogen-bond donors (Lipinski definition) is 0. The van der Waals surface area contributed by atoms with Crippen molar-refractivity contribution in [1.82, 2.24) is 14.7 Å². The van der Waals surface area contributed by atoms with Crippen LogP contribution in [0.15, 0.2) is 54.6 Å². The first kappa shape index (κ1) is 20.5. The van der Waals surface area contributed by atoms with E-state index in [2.05, 4.69) is 4.90 Å². The van der Waals surface area contributed by atoms with Gasteiger partial charge in [0.2, 0.25) is 5.91 Å². The predicted molar refractivity (Wildman–Crippen MR) is 113 cm³/mol. The van der Waals surface area contributed by atoms with Gasteiger partial charge in [0.05, 0.1) is 5.56 Å². The van der Waals surface area contributed by atoms with Crippen LogP contribution in [0.2, 0.25) is 0 Å². The summed E-state index contributed by atoms with van der Waals surface area (Å²) in [6.45, 7) is 3.87. The zero-order valence-corrected chi connectivity index (χ0v) is 17.2. The zero-order chi connectivity index (χ0) is 20.9. The Balaban J connectivity index is 1.48. The van der Waals surface area contributed by atoms with Crippen LogP contribution in [-0.4, -0.2) is 65.8 Å². The first-order valence-corrected chi connectivity index (χ1v) is 10.8. The molecule has 1 unspecified atom stereocenters. The van der Waals surface area contributed by atoms with Crippen molar-refractivity contribution in [3.05, 3.63) is 71.5 Å². The van der Waals surface area contributed by atoms with E-state index in [4.69, 9.17) is 0 Å². The van der Waals surface area contributed by atoms with E-state index in [1.165, 1.54) is 12.1 Å². The highest BCUT2D eigenvalue weighted by atomic mass is 19.1. The maximum atomic E-state index is 14.1. The summed E-state index contributed by atoms with van der Waals surface area (Å²) in [6.07, 6.45) is 2.91. The van der Waals surface area contributed by atoms with Crippen LogP contribution in [0.1, 0.15) is 41.2 Å². The minimum absolute atomic E-state index is 0.0940. The second kappa shape index (κ2) is 9.39. The van der Waals surface area contributed by atoms with Crippen molar-refractivity contribution in [2.75, 3.05) is 39.3 Å². The van der Waals surface area contributed by atoms with Crippen LogP contribution in [0, 0.1) is 5.82 Å². The van der Waals surface area contributed by atoms with Gasteiger partial charge in [0.15, 0.2) is 0 Å². The fraction of sp³-hybridized carbons (Fsp3) is 0.417. The molecule has 2 saturated heterocycles. The van der Waals surface area contributed by atoms with Gasteiger partial charge in [-0.2, -0.15) is 0 Å². The SMILES string of the molecule is O=C(c1ccccc1F)N1CCCN(C(=O)C(c2ccccc2)N2CCCC2)CC1. The Morgan fingerprint density at radius 1 is 0.733 bits per heavy atom. The number of carbonyl (C=O) groups excluding carboxylic acids is 2. The van der Waals surface area contributed by atoms with Gasteiger partial charge in [-0.3, -0.25) is 14.5 Å². The summed E-state index contributed by atoms with van der Waals surface area (Å²) in [5, 5.41) is 0. The largest absolute Gasteiger partial charge is 0.339 e. The molecule has 0 spiro atoms. The fourth-order valence-electron chi connectivity index (χ4n) is 4.46. The number of rotatable bonds is 4. The summed E-state index contributed by atoms with van der Waals surface area (Å²) in [6, 6.07) is 15.8. The highest BCUT2D eigenvalue weighted by Gasteiger charge is 2.34. The summed E-state index contributed by atoms with van der Waals surface area (Å²) in [7, 11) is 0. The monoisotopic (exact) mass is 409 g/mol. The number of benzene rings is 2. The molecule has 1 atom stereocenters. The number of amides is 2. The van der Waals surface area contributed by atoms with Crippen molar-refractivity contribution in [2.24, 2.45) is 0 Å². The van der Waals surface area contributed by atoms with E-state index in [-0.39, 0.29) is 23.4 Å². The molecule has 0 bridgehead atoms. The molecule has 0 saturated carbocycles. The lowest BCUT2D eigenvalue weighted by Gasteiger charge is -2.32. The van der Waals surface area contributed by atoms with Crippen molar-refractivity contribution in [3.8, 4) is 0 Å². The molecule has 158 valence electrons. The second-order valence-corrected chi connectivity index (χ2v) is 8.01. The lowest BCUT2D eigenvalue weighted by molar-refractivity contribution is -0.136. The van der Waals surface area contributed by atoms with Gasteiger partial charge < -0.3 is 9.80 Å². The smallest absolute Gasteiger partial charge is 0.256 e. The van der Waals surface area contributed by atoms with Crippen LogP contribution in [0.3, 0.4) is 0 Å². The van der Waals surface area contributed by atoms with Gasteiger partial charge in [-0.05, 0) is 50.0 Å². The molecule has 30 heavy (non-hydrogen) atoms. The average molecular weight is 410 g/mol. The van der Waals surface area contributed by atoms with Crippen LogP contribution in [0.5, 0.6) is 0 Å². The highest BCUT2D eigenvalue weighted by molar-refractivity contribution is 5.94. The van der Waals surface area contributed by atoms with Crippen molar-refractivity contribution < 1.29 is 14.0 Å². The third-order valence-corrected chi connectivity index (χ3v) is 6.05. The van der Waals surface area contributed by atoms with Crippen LogP contribution < -0.4 is 0 Å². The van der Waals surface area contributed by atoms with Crippen molar-refractivity contribution in [2.45, 2.75) is 25.3 Å². The molecule has 2 aromatic rings. The van der Waals surface area contributed by atoms with Gasteiger partial charge in [0.25, 0.3) is 5.91 Å². The molecular weight excluding hydrogens is 381 g/mol. The topological polar surface area (TPSA) is 43.9 Å². The molecule has 2 aliphatic heterocycles. The maximum Gasteiger partial charge on any atom is 0.256 e. The van der Waals surface area contributed by atoms with Gasteiger partial charge in [0.1, 0.15) is 11.9 Å². The van der Waals surface area contributed by atoms with Crippen molar-refractivity contribution in [3.63, 3.8) is 0 Å². The molecule has 2 amide bonds. The Morgan fingerprint density at radius 3 is 2.10 bits per heavy atom.